The van der Waals surface area contributed by atoms with Crippen LogP contribution in [0.3, 0.4) is 0 Å². The molecule has 2 aliphatic heterocycles. The van der Waals surface area contributed by atoms with E-state index >= 15 is 0 Å². The highest BCUT2D eigenvalue weighted by Crippen LogP contribution is 2.39. The zero-order valence-corrected chi connectivity index (χ0v) is 15.3. The van der Waals surface area contributed by atoms with E-state index in [2.05, 4.69) is 56.3 Å². The summed E-state index contributed by atoms with van der Waals surface area (Å²) in [6.45, 7) is 3.14. The number of likely N-dealkylation sites (tertiary alicyclic amines) is 1. The zero-order valence-electron chi connectivity index (χ0n) is 14.6. The first-order valence-electron chi connectivity index (χ1n) is 9.24. The standard InChI is InChI=1S/C21H21ClN4/c22-18-9-6-15(7-10-18)12-25-13-17-8-11-19-21(16-4-2-1-3-5-16)23-24-26(19)20(17)14-25/h1-7,9-10,17,20H,8,11-14H2/t17-,20-/m1/s1. The van der Waals surface area contributed by atoms with Crippen LogP contribution in [0.4, 0.5) is 0 Å². The van der Waals surface area contributed by atoms with Crippen molar-refractivity contribution in [2.75, 3.05) is 13.1 Å². The van der Waals surface area contributed by atoms with Crippen molar-refractivity contribution in [3.8, 4) is 11.3 Å². The first-order chi connectivity index (χ1) is 12.8. The third-order valence-electron chi connectivity index (χ3n) is 5.71. The van der Waals surface area contributed by atoms with Gasteiger partial charge in [0.15, 0.2) is 0 Å². The maximum atomic E-state index is 6.00. The quantitative estimate of drug-likeness (QED) is 0.697. The molecule has 0 amide bonds. The Morgan fingerprint density at radius 2 is 1.81 bits per heavy atom. The van der Waals surface area contributed by atoms with Crippen LogP contribution in [0.5, 0.6) is 0 Å². The van der Waals surface area contributed by atoms with E-state index < -0.39 is 0 Å². The van der Waals surface area contributed by atoms with Crippen LogP contribution in [0.25, 0.3) is 11.3 Å². The average molecular weight is 365 g/mol. The third kappa shape index (κ3) is 2.83. The van der Waals surface area contributed by atoms with Gasteiger partial charge in [-0.15, -0.1) is 5.10 Å². The fourth-order valence-electron chi connectivity index (χ4n) is 4.43. The molecule has 2 aromatic carbocycles. The fourth-order valence-corrected chi connectivity index (χ4v) is 4.56. The molecule has 1 aromatic heterocycles. The Labute approximate surface area is 158 Å². The number of benzene rings is 2. The number of aromatic nitrogens is 3. The van der Waals surface area contributed by atoms with Gasteiger partial charge in [-0.25, -0.2) is 4.68 Å². The summed E-state index contributed by atoms with van der Waals surface area (Å²) in [7, 11) is 0. The van der Waals surface area contributed by atoms with E-state index in [0.29, 0.717) is 12.0 Å². The van der Waals surface area contributed by atoms with Crippen molar-refractivity contribution in [2.45, 2.75) is 25.4 Å². The molecule has 5 rings (SSSR count). The highest BCUT2D eigenvalue weighted by molar-refractivity contribution is 6.30. The van der Waals surface area contributed by atoms with Gasteiger partial charge in [-0.1, -0.05) is 59.3 Å². The molecule has 0 aliphatic carbocycles. The average Bonchev–Trinajstić information content (AvgIpc) is 3.27. The second-order valence-corrected chi connectivity index (χ2v) is 7.82. The molecular formula is C21H21ClN4. The lowest BCUT2D eigenvalue weighted by molar-refractivity contribution is 0.306. The number of halogens is 1. The molecule has 1 saturated heterocycles. The predicted octanol–water partition coefficient (Wildman–Crippen LogP) is 4.22. The smallest absolute Gasteiger partial charge is 0.116 e. The summed E-state index contributed by atoms with van der Waals surface area (Å²) >= 11 is 6.00. The van der Waals surface area contributed by atoms with Crippen LogP contribution in [0, 0.1) is 5.92 Å². The van der Waals surface area contributed by atoms with E-state index in [9.17, 15) is 0 Å². The van der Waals surface area contributed by atoms with Gasteiger partial charge < -0.3 is 0 Å². The van der Waals surface area contributed by atoms with E-state index in [4.69, 9.17) is 11.6 Å². The van der Waals surface area contributed by atoms with Crippen LogP contribution in [-0.4, -0.2) is 33.0 Å². The summed E-state index contributed by atoms with van der Waals surface area (Å²) in [5.41, 5.74) is 4.84. The normalized spacial score (nSPS) is 22.2. The van der Waals surface area contributed by atoms with Crippen molar-refractivity contribution in [3.05, 3.63) is 70.9 Å². The summed E-state index contributed by atoms with van der Waals surface area (Å²) < 4.78 is 2.21. The summed E-state index contributed by atoms with van der Waals surface area (Å²) in [4.78, 5) is 2.54. The number of fused-ring (bicyclic) bond motifs is 3. The molecule has 2 atom stereocenters. The monoisotopic (exact) mass is 364 g/mol. The zero-order chi connectivity index (χ0) is 17.5. The van der Waals surface area contributed by atoms with Crippen molar-refractivity contribution in [1.29, 1.82) is 0 Å². The molecule has 1 fully saturated rings. The molecular weight excluding hydrogens is 344 g/mol. The second-order valence-electron chi connectivity index (χ2n) is 7.38. The van der Waals surface area contributed by atoms with E-state index in [0.717, 1.165) is 36.8 Å². The Morgan fingerprint density at radius 3 is 2.62 bits per heavy atom. The second kappa shape index (κ2) is 6.53. The summed E-state index contributed by atoms with van der Waals surface area (Å²) in [5, 5.41) is 9.87. The SMILES string of the molecule is Clc1ccc(CN2C[C@H]3CCc4c(-c5ccccc5)nnn4[C@@H]3C2)cc1. The molecule has 4 nitrogen and oxygen atoms in total. The number of rotatable bonds is 3. The molecule has 3 heterocycles. The first-order valence-corrected chi connectivity index (χ1v) is 9.62. The van der Waals surface area contributed by atoms with Gasteiger partial charge in [0.25, 0.3) is 0 Å². The largest absolute Gasteiger partial charge is 0.297 e. The predicted molar refractivity (Wildman–Crippen MR) is 103 cm³/mol. The van der Waals surface area contributed by atoms with Gasteiger partial charge in [-0.2, -0.15) is 0 Å². The first kappa shape index (κ1) is 16.0. The molecule has 2 aliphatic rings. The molecule has 5 heteroatoms. The molecule has 0 spiro atoms. The molecule has 0 unspecified atom stereocenters. The van der Waals surface area contributed by atoms with Crippen LogP contribution >= 0.6 is 11.6 Å². The van der Waals surface area contributed by atoms with Crippen molar-refractivity contribution in [3.63, 3.8) is 0 Å². The Bertz CT molecular complexity index is 904. The molecule has 0 radical (unpaired) electrons. The Hall–Kier alpha value is -2.17. The number of nitrogens with zero attached hydrogens (tertiary/aromatic N) is 4. The summed E-state index contributed by atoms with van der Waals surface area (Å²) in [5.74, 6) is 0.667. The van der Waals surface area contributed by atoms with Crippen LogP contribution in [0.2, 0.25) is 5.02 Å². The highest BCUT2D eigenvalue weighted by Gasteiger charge is 2.39. The van der Waals surface area contributed by atoms with E-state index in [1.54, 1.807) is 0 Å². The molecule has 0 saturated carbocycles. The van der Waals surface area contributed by atoms with Crippen LogP contribution < -0.4 is 0 Å². The maximum Gasteiger partial charge on any atom is 0.116 e. The van der Waals surface area contributed by atoms with Crippen LogP contribution in [0.1, 0.15) is 23.7 Å². The lowest BCUT2D eigenvalue weighted by Crippen LogP contribution is -2.26. The van der Waals surface area contributed by atoms with Crippen molar-refractivity contribution < 1.29 is 0 Å². The molecule has 3 aromatic rings. The van der Waals surface area contributed by atoms with Gasteiger partial charge in [0.1, 0.15) is 5.69 Å². The maximum absolute atomic E-state index is 6.00. The minimum absolute atomic E-state index is 0.441. The van der Waals surface area contributed by atoms with E-state index in [1.165, 1.54) is 23.2 Å². The van der Waals surface area contributed by atoms with E-state index in [-0.39, 0.29) is 0 Å². The van der Waals surface area contributed by atoms with Gasteiger partial charge in [0, 0.05) is 30.2 Å². The molecule has 26 heavy (non-hydrogen) atoms. The van der Waals surface area contributed by atoms with Gasteiger partial charge >= 0.3 is 0 Å². The lowest BCUT2D eigenvalue weighted by atomic mass is 9.91. The third-order valence-corrected chi connectivity index (χ3v) is 5.96. The molecule has 0 N–H and O–H groups in total. The van der Waals surface area contributed by atoms with Gasteiger partial charge in [-0.3, -0.25) is 4.90 Å². The summed E-state index contributed by atoms with van der Waals surface area (Å²) in [6.07, 6.45) is 2.28. The van der Waals surface area contributed by atoms with E-state index in [1.807, 2.05) is 18.2 Å². The topological polar surface area (TPSA) is 34.0 Å². The molecule has 132 valence electrons. The van der Waals surface area contributed by atoms with Gasteiger partial charge in [-0.05, 0) is 36.5 Å². The van der Waals surface area contributed by atoms with Crippen molar-refractivity contribution in [2.24, 2.45) is 5.92 Å². The van der Waals surface area contributed by atoms with Gasteiger partial charge in [0.05, 0.1) is 11.7 Å². The Morgan fingerprint density at radius 1 is 1.00 bits per heavy atom. The lowest BCUT2D eigenvalue weighted by Gasteiger charge is -2.25. The van der Waals surface area contributed by atoms with Crippen LogP contribution in [-0.2, 0) is 13.0 Å². The molecule has 0 bridgehead atoms. The van der Waals surface area contributed by atoms with Crippen molar-refractivity contribution >= 4 is 11.6 Å². The Kier molecular flexibility index (Phi) is 4.03. The summed E-state index contributed by atoms with van der Waals surface area (Å²) in [6, 6.07) is 19.1. The highest BCUT2D eigenvalue weighted by atomic mass is 35.5. The Balaban J connectivity index is 1.37. The minimum atomic E-state index is 0.441. The fraction of sp³-hybridized carbons (Fsp3) is 0.333. The van der Waals surface area contributed by atoms with Crippen molar-refractivity contribution in [1.82, 2.24) is 19.9 Å². The number of hydrogen-bond donors (Lipinski definition) is 0. The minimum Gasteiger partial charge on any atom is -0.297 e. The number of hydrogen-bond acceptors (Lipinski definition) is 3. The van der Waals surface area contributed by atoms with Gasteiger partial charge in [0.2, 0.25) is 0 Å². The van der Waals surface area contributed by atoms with Crippen LogP contribution in [0.15, 0.2) is 54.6 Å².